The molecule has 0 aliphatic heterocycles. The SMILES string of the molecule is Cc1cocc1C(=O)CNC(=O)OC(C)(C)C. The van der Waals surface area contributed by atoms with E-state index in [9.17, 15) is 9.59 Å². The zero-order valence-corrected chi connectivity index (χ0v) is 10.5. The van der Waals surface area contributed by atoms with Gasteiger partial charge in [0.15, 0.2) is 5.78 Å². The minimum absolute atomic E-state index is 0.102. The molecule has 0 aliphatic carbocycles. The summed E-state index contributed by atoms with van der Waals surface area (Å²) in [5.74, 6) is -0.206. The molecule has 1 N–H and O–H groups in total. The van der Waals surface area contributed by atoms with Gasteiger partial charge in [0.1, 0.15) is 11.9 Å². The highest BCUT2D eigenvalue weighted by Gasteiger charge is 2.17. The maximum Gasteiger partial charge on any atom is 0.408 e. The minimum Gasteiger partial charge on any atom is -0.472 e. The van der Waals surface area contributed by atoms with Gasteiger partial charge in [-0.05, 0) is 33.3 Å². The molecule has 0 fully saturated rings. The van der Waals surface area contributed by atoms with Gasteiger partial charge in [-0.1, -0.05) is 0 Å². The lowest BCUT2D eigenvalue weighted by Crippen LogP contribution is -2.35. The van der Waals surface area contributed by atoms with E-state index in [4.69, 9.17) is 9.15 Å². The molecule has 0 saturated heterocycles. The van der Waals surface area contributed by atoms with Gasteiger partial charge in [0.2, 0.25) is 0 Å². The lowest BCUT2D eigenvalue weighted by molar-refractivity contribution is 0.0520. The number of aryl methyl sites for hydroxylation is 1. The summed E-state index contributed by atoms with van der Waals surface area (Å²) in [7, 11) is 0. The molecule has 0 atom stereocenters. The Balaban J connectivity index is 2.45. The number of carbonyl (C=O) groups excluding carboxylic acids is 2. The minimum atomic E-state index is -0.605. The van der Waals surface area contributed by atoms with Gasteiger partial charge in [0.25, 0.3) is 0 Å². The molecule has 0 unspecified atom stereocenters. The molecule has 94 valence electrons. The third-order valence-corrected chi connectivity index (χ3v) is 1.95. The average Bonchev–Trinajstić information content (AvgIpc) is 2.58. The van der Waals surface area contributed by atoms with Crippen LogP contribution in [-0.2, 0) is 4.74 Å². The quantitative estimate of drug-likeness (QED) is 0.822. The third kappa shape index (κ3) is 4.30. The monoisotopic (exact) mass is 239 g/mol. The fourth-order valence-electron chi connectivity index (χ4n) is 1.21. The first kappa shape index (κ1) is 13.3. The Bertz CT molecular complexity index is 414. The zero-order valence-electron chi connectivity index (χ0n) is 10.5. The lowest BCUT2D eigenvalue weighted by Gasteiger charge is -2.19. The van der Waals surface area contributed by atoms with Crippen LogP contribution in [0.1, 0.15) is 36.7 Å². The molecule has 1 rings (SSSR count). The number of hydrogen-bond acceptors (Lipinski definition) is 4. The highest BCUT2D eigenvalue weighted by molar-refractivity contribution is 5.99. The maximum atomic E-state index is 11.7. The summed E-state index contributed by atoms with van der Waals surface area (Å²) in [6.45, 7) is 6.94. The van der Waals surface area contributed by atoms with E-state index in [1.54, 1.807) is 27.7 Å². The van der Waals surface area contributed by atoms with E-state index in [1.807, 2.05) is 0 Å². The lowest BCUT2D eigenvalue weighted by atomic mass is 10.1. The maximum absolute atomic E-state index is 11.7. The molecular weight excluding hydrogens is 222 g/mol. The summed E-state index contributed by atoms with van der Waals surface area (Å²) >= 11 is 0. The standard InChI is InChI=1S/C12H17NO4/c1-8-6-16-7-9(8)10(14)5-13-11(15)17-12(2,3)4/h6-7H,5H2,1-4H3,(H,13,15). The molecule has 1 heterocycles. The fourth-order valence-corrected chi connectivity index (χ4v) is 1.21. The number of Topliss-reactive ketones (excluding diaryl/α,β-unsaturated/α-hetero) is 1. The smallest absolute Gasteiger partial charge is 0.408 e. The first-order chi connectivity index (χ1) is 7.79. The van der Waals surface area contributed by atoms with Crippen molar-refractivity contribution in [3.05, 3.63) is 23.7 Å². The number of nitrogens with one attached hydrogen (secondary N) is 1. The fraction of sp³-hybridized carbons (Fsp3) is 0.500. The molecule has 0 aromatic carbocycles. The number of ether oxygens (including phenoxy) is 1. The van der Waals surface area contributed by atoms with E-state index >= 15 is 0 Å². The number of alkyl carbamates (subject to hydrolysis) is 1. The van der Waals surface area contributed by atoms with Crippen LogP contribution in [0.15, 0.2) is 16.9 Å². The highest BCUT2D eigenvalue weighted by atomic mass is 16.6. The van der Waals surface area contributed by atoms with Crippen molar-refractivity contribution >= 4 is 11.9 Å². The topological polar surface area (TPSA) is 68.5 Å². The summed E-state index contributed by atoms with van der Waals surface area (Å²) in [6, 6.07) is 0. The van der Waals surface area contributed by atoms with E-state index < -0.39 is 11.7 Å². The van der Waals surface area contributed by atoms with Crippen LogP contribution < -0.4 is 5.32 Å². The number of ketones is 1. The van der Waals surface area contributed by atoms with Gasteiger partial charge in [-0.25, -0.2) is 4.79 Å². The van der Waals surface area contributed by atoms with Crippen molar-refractivity contribution in [2.45, 2.75) is 33.3 Å². The Morgan fingerprint density at radius 1 is 1.35 bits per heavy atom. The Labute approximate surface area is 100 Å². The normalized spacial score (nSPS) is 11.1. The molecular formula is C12H17NO4. The van der Waals surface area contributed by atoms with Crippen molar-refractivity contribution in [1.29, 1.82) is 0 Å². The second-order valence-electron chi connectivity index (χ2n) is 4.75. The van der Waals surface area contributed by atoms with Crippen LogP contribution in [-0.4, -0.2) is 24.0 Å². The summed E-state index contributed by atoms with van der Waals surface area (Å²) in [5.41, 5.74) is 0.653. The van der Waals surface area contributed by atoms with Crippen LogP contribution in [0.3, 0.4) is 0 Å². The molecule has 1 aromatic rings. The van der Waals surface area contributed by atoms with Gasteiger partial charge in [0.05, 0.1) is 18.4 Å². The van der Waals surface area contributed by atoms with Gasteiger partial charge >= 0.3 is 6.09 Å². The van der Waals surface area contributed by atoms with E-state index in [1.165, 1.54) is 12.5 Å². The highest BCUT2D eigenvalue weighted by Crippen LogP contribution is 2.09. The molecule has 5 nitrogen and oxygen atoms in total. The first-order valence-electron chi connectivity index (χ1n) is 5.32. The summed E-state index contributed by atoms with van der Waals surface area (Å²) in [5, 5.41) is 2.40. The Hall–Kier alpha value is -1.78. The van der Waals surface area contributed by atoms with Crippen LogP contribution in [0.2, 0.25) is 0 Å². The van der Waals surface area contributed by atoms with E-state index in [-0.39, 0.29) is 12.3 Å². The molecule has 0 radical (unpaired) electrons. The molecule has 0 aliphatic rings. The van der Waals surface area contributed by atoms with Crippen molar-refractivity contribution in [1.82, 2.24) is 5.32 Å². The third-order valence-electron chi connectivity index (χ3n) is 1.95. The number of carbonyl (C=O) groups is 2. The number of hydrogen-bond donors (Lipinski definition) is 1. The molecule has 0 bridgehead atoms. The molecule has 1 amide bonds. The molecule has 0 spiro atoms. The number of furan rings is 1. The van der Waals surface area contributed by atoms with Gasteiger partial charge in [0, 0.05) is 0 Å². The Kier molecular flexibility index (Phi) is 3.93. The number of rotatable bonds is 3. The molecule has 17 heavy (non-hydrogen) atoms. The first-order valence-corrected chi connectivity index (χ1v) is 5.32. The van der Waals surface area contributed by atoms with Crippen LogP contribution >= 0.6 is 0 Å². The van der Waals surface area contributed by atoms with Crippen molar-refractivity contribution in [3.8, 4) is 0 Å². The molecule has 5 heteroatoms. The average molecular weight is 239 g/mol. The molecule has 1 aromatic heterocycles. The van der Waals surface area contributed by atoms with Gasteiger partial charge in [-0.3, -0.25) is 4.79 Å². The number of amides is 1. The summed E-state index contributed by atoms with van der Waals surface area (Å²) in [6.07, 6.45) is 2.25. The van der Waals surface area contributed by atoms with E-state index in [2.05, 4.69) is 5.32 Å². The van der Waals surface area contributed by atoms with Crippen LogP contribution in [0, 0.1) is 6.92 Å². The van der Waals surface area contributed by atoms with Crippen molar-refractivity contribution in [2.75, 3.05) is 6.54 Å². The van der Waals surface area contributed by atoms with Crippen LogP contribution in [0.5, 0.6) is 0 Å². The predicted octanol–water partition coefficient (Wildman–Crippen LogP) is 2.30. The Morgan fingerprint density at radius 2 is 2.00 bits per heavy atom. The second-order valence-corrected chi connectivity index (χ2v) is 4.75. The van der Waals surface area contributed by atoms with Crippen LogP contribution in [0.25, 0.3) is 0 Å². The molecule has 0 saturated carbocycles. The van der Waals surface area contributed by atoms with Gasteiger partial charge in [-0.15, -0.1) is 0 Å². The predicted molar refractivity (Wildman–Crippen MR) is 62.0 cm³/mol. The van der Waals surface area contributed by atoms with Crippen LogP contribution in [0.4, 0.5) is 4.79 Å². The van der Waals surface area contributed by atoms with E-state index in [0.29, 0.717) is 5.56 Å². The summed E-state index contributed by atoms with van der Waals surface area (Å²) in [4.78, 5) is 23.0. The zero-order chi connectivity index (χ0) is 13.1. The summed E-state index contributed by atoms with van der Waals surface area (Å²) < 4.78 is 9.90. The van der Waals surface area contributed by atoms with Crippen molar-refractivity contribution in [2.24, 2.45) is 0 Å². The van der Waals surface area contributed by atoms with E-state index in [0.717, 1.165) is 5.56 Å². The largest absolute Gasteiger partial charge is 0.472 e. The van der Waals surface area contributed by atoms with Gasteiger partial charge < -0.3 is 14.5 Å². The van der Waals surface area contributed by atoms with Crippen molar-refractivity contribution < 1.29 is 18.7 Å². The van der Waals surface area contributed by atoms with Crippen molar-refractivity contribution in [3.63, 3.8) is 0 Å². The second kappa shape index (κ2) is 5.03. The Morgan fingerprint density at radius 3 is 2.47 bits per heavy atom. The van der Waals surface area contributed by atoms with Gasteiger partial charge in [-0.2, -0.15) is 0 Å².